The zero-order valence-electron chi connectivity index (χ0n) is 13.6. The maximum Gasteiger partial charge on any atom is 0.134 e. The van der Waals surface area contributed by atoms with Gasteiger partial charge in [0.2, 0.25) is 0 Å². The van der Waals surface area contributed by atoms with E-state index in [9.17, 15) is 0 Å². The summed E-state index contributed by atoms with van der Waals surface area (Å²) in [5.41, 5.74) is 0. The number of nitrogens with zero attached hydrogens (tertiary/aromatic N) is 3. The Balaban J connectivity index is 1.42. The first-order valence-electron chi connectivity index (χ1n) is 8.75. The van der Waals surface area contributed by atoms with Crippen LogP contribution in [0.5, 0.6) is 0 Å². The predicted octanol–water partition coefficient (Wildman–Crippen LogP) is 3.08. The molecule has 122 valence electrons. The maximum atomic E-state index is 6.03. The van der Waals surface area contributed by atoms with Crippen LogP contribution >= 0.6 is 0 Å². The lowest BCUT2D eigenvalue weighted by atomic mass is 9.88. The van der Waals surface area contributed by atoms with Crippen molar-refractivity contribution >= 4 is 11.6 Å². The van der Waals surface area contributed by atoms with Crippen LogP contribution in [0.2, 0.25) is 0 Å². The molecule has 2 unspecified atom stereocenters. The Bertz CT molecular complexity index is 462. The number of aromatic nitrogens is 2. The Morgan fingerprint density at radius 2 is 2.00 bits per heavy atom. The van der Waals surface area contributed by atoms with Gasteiger partial charge in [0.25, 0.3) is 0 Å². The van der Waals surface area contributed by atoms with E-state index >= 15 is 0 Å². The van der Waals surface area contributed by atoms with Gasteiger partial charge >= 0.3 is 0 Å². The van der Waals surface area contributed by atoms with Gasteiger partial charge in [-0.1, -0.05) is 19.8 Å². The summed E-state index contributed by atoms with van der Waals surface area (Å²) in [6.45, 7) is 6.08. The lowest BCUT2D eigenvalue weighted by Crippen LogP contribution is -2.27. The SMILES string of the molecule is CC1CCCCC1OCCNc1cc(N2CCCC2)ncn1. The van der Waals surface area contributed by atoms with E-state index in [4.69, 9.17) is 4.74 Å². The van der Waals surface area contributed by atoms with E-state index in [0.717, 1.165) is 37.9 Å². The Labute approximate surface area is 133 Å². The number of anilines is 2. The Kier molecular flexibility index (Phi) is 5.48. The minimum absolute atomic E-state index is 0.445. The van der Waals surface area contributed by atoms with E-state index in [-0.39, 0.29) is 0 Å². The van der Waals surface area contributed by atoms with Crippen molar-refractivity contribution in [2.75, 3.05) is 36.5 Å². The summed E-state index contributed by atoms with van der Waals surface area (Å²) >= 11 is 0. The second-order valence-electron chi connectivity index (χ2n) is 6.55. The second kappa shape index (κ2) is 7.77. The third kappa shape index (κ3) is 4.09. The van der Waals surface area contributed by atoms with Crippen molar-refractivity contribution in [1.29, 1.82) is 0 Å². The van der Waals surface area contributed by atoms with Crippen molar-refractivity contribution in [3.05, 3.63) is 12.4 Å². The van der Waals surface area contributed by atoms with Crippen molar-refractivity contribution in [3.8, 4) is 0 Å². The summed E-state index contributed by atoms with van der Waals surface area (Å²) in [7, 11) is 0. The molecule has 1 aliphatic heterocycles. The molecule has 2 heterocycles. The Morgan fingerprint density at radius 1 is 1.18 bits per heavy atom. The fourth-order valence-corrected chi connectivity index (χ4v) is 3.48. The minimum atomic E-state index is 0.445. The molecule has 1 aromatic heterocycles. The molecule has 2 fully saturated rings. The van der Waals surface area contributed by atoms with E-state index < -0.39 is 0 Å². The molecule has 0 bridgehead atoms. The molecule has 5 nitrogen and oxygen atoms in total. The van der Waals surface area contributed by atoms with Crippen LogP contribution in [0.15, 0.2) is 12.4 Å². The molecule has 0 spiro atoms. The molecular weight excluding hydrogens is 276 g/mol. The quantitative estimate of drug-likeness (QED) is 0.819. The van der Waals surface area contributed by atoms with Crippen molar-refractivity contribution < 1.29 is 4.74 Å². The molecule has 1 aliphatic carbocycles. The maximum absolute atomic E-state index is 6.03. The number of nitrogens with one attached hydrogen (secondary N) is 1. The summed E-state index contributed by atoms with van der Waals surface area (Å²) in [5.74, 6) is 2.64. The molecule has 3 rings (SSSR count). The van der Waals surface area contributed by atoms with Crippen molar-refractivity contribution in [1.82, 2.24) is 9.97 Å². The van der Waals surface area contributed by atoms with Crippen LogP contribution in [0.1, 0.15) is 45.4 Å². The molecule has 0 amide bonds. The predicted molar refractivity (Wildman–Crippen MR) is 89.3 cm³/mol. The van der Waals surface area contributed by atoms with Crippen LogP contribution in [0.3, 0.4) is 0 Å². The lowest BCUT2D eigenvalue weighted by molar-refractivity contribution is 0.000372. The lowest BCUT2D eigenvalue weighted by Gasteiger charge is -2.28. The highest BCUT2D eigenvalue weighted by Crippen LogP contribution is 2.26. The first kappa shape index (κ1) is 15.5. The van der Waals surface area contributed by atoms with Crippen LogP contribution in [0.25, 0.3) is 0 Å². The van der Waals surface area contributed by atoms with Gasteiger partial charge in [-0.3, -0.25) is 0 Å². The summed E-state index contributed by atoms with van der Waals surface area (Å²) in [6, 6.07) is 2.05. The summed E-state index contributed by atoms with van der Waals surface area (Å²) < 4.78 is 6.03. The molecular formula is C17H28N4O. The largest absolute Gasteiger partial charge is 0.376 e. The van der Waals surface area contributed by atoms with Crippen LogP contribution in [0.4, 0.5) is 11.6 Å². The number of rotatable bonds is 6. The van der Waals surface area contributed by atoms with Gasteiger partial charge in [0, 0.05) is 25.7 Å². The van der Waals surface area contributed by atoms with Gasteiger partial charge in [0.15, 0.2) is 0 Å². The van der Waals surface area contributed by atoms with Gasteiger partial charge in [0.1, 0.15) is 18.0 Å². The minimum Gasteiger partial charge on any atom is -0.376 e. The zero-order valence-corrected chi connectivity index (χ0v) is 13.6. The monoisotopic (exact) mass is 304 g/mol. The molecule has 1 N–H and O–H groups in total. The first-order chi connectivity index (χ1) is 10.8. The molecule has 1 aromatic rings. The standard InChI is InChI=1S/C17H28N4O/c1-14-6-2-3-7-15(14)22-11-8-18-16-12-17(20-13-19-16)21-9-4-5-10-21/h12-15H,2-11H2,1H3,(H,18,19,20). The fourth-order valence-electron chi connectivity index (χ4n) is 3.48. The fraction of sp³-hybridized carbons (Fsp3) is 0.765. The third-order valence-corrected chi connectivity index (χ3v) is 4.86. The van der Waals surface area contributed by atoms with Gasteiger partial charge in [0.05, 0.1) is 12.7 Å². The highest BCUT2D eigenvalue weighted by atomic mass is 16.5. The van der Waals surface area contributed by atoms with Gasteiger partial charge in [-0.15, -0.1) is 0 Å². The van der Waals surface area contributed by atoms with E-state index in [0.29, 0.717) is 12.0 Å². The number of hydrogen-bond acceptors (Lipinski definition) is 5. The molecule has 22 heavy (non-hydrogen) atoms. The summed E-state index contributed by atoms with van der Waals surface area (Å²) in [5, 5.41) is 3.36. The van der Waals surface area contributed by atoms with E-state index in [1.165, 1.54) is 38.5 Å². The molecule has 1 saturated carbocycles. The zero-order chi connectivity index (χ0) is 15.2. The highest BCUT2D eigenvalue weighted by molar-refractivity contribution is 5.48. The van der Waals surface area contributed by atoms with E-state index in [1.54, 1.807) is 6.33 Å². The van der Waals surface area contributed by atoms with E-state index in [2.05, 4.69) is 33.2 Å². The van der Waals surface area contributed by atoms with Crippen molar-refractivity contribution in [2.24, 2.45) is 5.92 Å². The molecule has 2 atom stereocenters. The van der Waals surface area contributed by atoms with E-state index in [1.807, 2.05) is 0 Å². The van der Waals surface area contributed by atoms with Crippen molar-refractivity contribution in [3.63, 3.8) is 0 Å². The Hall–Kier alpha value is -1.36. The van der Waals surface area contributed by atoms with Crippen LogP contribution < -0.4 is 10.2 Å². The molecule has 2 aliphatic rings. The normalized spacial score (nSPS) is 25.4. The van der Waals surface area contributed by atoms with Gasteiger partial charge < -0.3 is 15.0 Å². The number of hydrogen-bond donors (Lipinski definition) is 1. The van der Waals surface area contributed by atoms with Crippen LogP contribution in [-0.4, -0.2) is 42.3 Å². The smallest absolute Gasteiger partial charge is 0.134 e. The third-order valence-electron chi connectivity index (χ3n) is 4.86. The summed E-state index contributed by atoms with van der Waals surface area (Å²) in [6.07, 6.45) is 9.82. The average Bonchev–Trinajstić information content (AvgIpc) is 3.08. The summed E-state index contributed by atoms with van der Waals surface area (Å²) in [4.78, 5) is 11.0. The van der Waals surface area contributed by atoms with Gasteiger partial charge in [-0.05, 0) is 31.6 Å². The molecule has 5 heteroatoms. The Morgan fingerprint density at radius 3 is 2.82 bits per heavy atom. The van der Waals surface area contributed by atoms with Gasteiger partial charge in [-0.25, -0.2) is 9.97 Å². The molecule has 0 aromatic carbocycles. The highest BCUT2D eigenvalue weighted by Gasteiger charge is 2.21. The number of ether oxygens (including phenoxy) is 1. The topological polar surface area (TPSA) is 50.3 Å². The van der Waals surface area contributed by atoms with Crippen molar-refractivity contribution in [2.45, 2.75) is 51.6 Å². The average molecular weight is 304 g/mol. The molecule has 1 saturated heterocycles. The second-order valence-corrected chi connectivity index (χ2v) is 6.55. The van der Waals surface area contributed by atoms with Crippen LogP contribution in [-0.2, 0) is 4.74 Å². The van der Waals surface area contributed by atoms with Gasteiger partial charge in [-0.2, -0.15) is 0 Å². The van der Waals surface area contributed by atoms with Crippen LogP contribution in [0, 0.1) is 5.92 Å². The molecule has 0 radical (unpaired) electrons. The first-order valence-corrected chi connectivity index (χ1v) is 8.75.